The van der Waals surface area contributed by atoms with Gasteiger partial charge in [-0.1, -0.05) is 0 Å². The van der Waals surface area contributed by atoms with E-state index in [4.69, 9.17) is 14.7 Å². The van der Waals surface area contributed by atoms with Crippen molar-refractivity contribution in [1.29, 1.82) is 0 Å². The van der Waals surface area contributed by atoms with Gasteiger partial charge in [-0.25, -0.2) is 9.97 Å². The SMILES string of the molecule is COc1cc(CN2CCN(c3nc(C)cc(N4CCCC4)n3)CC2)ccn1. The van der Waals surface area contributed by atoms with Crippen molar-refractivity contribution in [3.8, 4) is 5.88 Å². The zero-order chi connectivity index (χ0) is 18.6. The van der Waals surface area contributed by atoms with Crippen LogP contribution in [0, 0.1) is 6.92 Å². The predicted molar refractivity (Wildman–Crippen MR) is 106 cm³/mol. The van der Waals surface area contributed by atoms with Gasteiger partial charge in [0.1, 0.15) is 5.82 Å². The molecule has 144 valence electrons. The quantitative estimate of drug-likeness (QED) is 0.801. The molecule has 4 heterocycles. The van der Waals surface area contributed by atoms with E-state index in [2.05, 4.69) is 38.7 Å². The van der Waals surface area contributed by atoms with E-state index in [0.717, 1.165) is 63.3 Å². The van der Waals surface area contributed by atoms with Crippen molar-refractivity contribution in [1.82, 2.24) is 19.9 Å². The van der Waals surface area contributed by atoms with Gasteiger partial charge in [0.05, 0.1) is 7.11 Å². The second kappa shape index (κ2) is 8.08. The molecule has 0 N–H and O–H groups in total. The highest BCUT2D eigenvalue weighted by Crippen LogP contribution is 2.22. The lowest BCUT2D eigenvalue weighted by Gasteiger charge is -2.35. The number of ether oxygens (including phenoxy) is 1. The summed E-state index contributed by atoms with van der Waals surface area (Å²) in [5.41, 5.74) is 2.28. The summed E-state index contributed by atoms with van der Waals surface area (Å²) >= 11 is 0. The maximum absolute atomic E-state index is 5.23. The van der Waals surface area contributed by atoms with Crippen LogP contribution in [0.1, 0.15) is 24.1 Å². The molecule has 0 amide bonds. The van der Waals surface area contributed by atoms with Crippen LogP contribution in [-0.2, 0) is 6.54 Å². The Labute approximate surface area is 161 Å². The van der Waals surface area contributed by atoms with E-state index in [0.29, 0.717) is 5.88 Å². The second-order valence-corrected chi connectivity index (χ2v) is 7.33. The monoisotopic (exact) mass is 368 g/mol. The molecule has 2 aromatic heterocycles. The van der Waals surface area contributed by atoms with E-state index < -0.39 is 0 Å². The van der Waals surface area contributed by atoms with E-state index >= 15 is 0 Å². The van der Waals surface area contributed by atoms with Gasteiger partial charge in [0.2, 0.25) is 11.8 Å². The fourth-order valence-corrected chi connectivity index (χ4v) is 3.81. The Kier molecular flexibility index (Phi) is 5.38. The summed E-state index contributed by atoms with van der Waals surface area (Å²) in [6.07, 6.45) is 4.33. The van der Waals surface area contributed by atoms with Gasteiger partial charge in [-0.2, -0.15) is 4.98 Å². The minimum absolute atomic E-state index is 0.675. The summed E-state index contributed by atoms with van der Waals surface area (Å²) in [5.74, 6) is 2.64. The molecule has 2 aromatic rings. The topological polar surface area (TPSA) is 57.6 Å². The molecule has 0 aromatic carbocycles. The van der Waals surface area contributed by atoms with E-state index in [9.17, 15) is 0 Å². The highest BCUT2D eigenvalue weighted by Gasteiger charge is 2.21. The standard InChI is InChI=1S/C20H28N6O/c1-16-13-18(25-7-3-4-8-25)23-20(22-16)26-11-9-24(10-12-26)15-17-5-6-21-19(14-17)27-2/h5-6,13-14H,3-4,7-12,15H2,1-2H3. The molecule has 4 rings (SSSR count). The zero-order valence-electron chi connectivity index (χ0n) is 16.3. The third-order valence-corrected chi connectivity index (χ3v) is 5.33. The number of nitrogens with zero attached hydrogens (tertiary/aromatic N) is 6. The highest BCUT2D eigenvalue weighted by atomic mass is 16.5. The number of aromatic nitrogens is 3. The van der Waals surface area contributed by atoms with Crippen LogP contribution >= 0.6 is 0 Å². The molecule has 0 bridgehead atoms. The van der Waals surface area contributed by atoms with Crippen molar-refractivity contribution in [2.75, 3.05) is 56.2 Å². The molecular formula is C20H28N6O. The number of pyridine rings is 1. The number of hydrogen-bond donors (Lipinski definition) is 0. The summed E-state index contributed by atoms with van der Waals surface area (Å²) in [6.45, 7) is 9.11. The molecule has 2 fully saturated rings. The van der Waals surface area contributed by atoms with Crippen LogP contribution in [0.25, 0.3) is 0 Å². The Balaban J connectivity index is 1.38. The van der Waals surface area contributed by atoms with E-state index in [1.165, 1.54) is 18.4 Å². The molecule has 0 radical (unpaired) electrons. The number of anilines is 2. The fraction of sp³-hybridized carbons (Fsp3) is 0.550. The van der Waals surface area contributed by atoms with Crippen LogP contribution in [0.4, 0.5) is 11.8 Å². The molecule has 0 saturated carbocycles. The van der Waals surface area contributed by atoms with Crippen molar-refractivity contribution in [2.45, 2.75) is 26.3 Å². The van der Waals surface area contributed by atoms with Gasteiger partial charge in [-0.3, -0.25) is 4.90 Å². The second-order valence-electron chi connectivity index (χ2n) is 7.33. The maximum Gasteiger partial charge on any atom is 0.227 e. The Morgan fingerprint density at radius 1 is 0.963 bits per heavy atom. The Morgan fingerprint density at radius 3 is 2.48 bits per heavy atom. The number of aryl methyl sites for hydroxylation is 1. The molecular weight excluding hydrogens is 340 g/mol. The van der Waals surface area contributed by atoms with Gasteiger partial charge < -0.3 is 14.5 Å². The van der Waals surface area contributed by atoms with Gasteiger partial charge >= 0.3 is 0 Å². The smallest absolute Gasteiger partial charge is 0.227 e. The lowest BCUT2D eigenvalue weighted by atomic mass is 10.2. The zero-order valence-corrected chi connectivity index (χ0v) is 16.3. The average molecular weight is 368 g/mol. The lowest BCUT2D eigenvalue weighted by molar-refractivity contribution is 0.248. The van der Waals surface area contributed by atoms with E-state index in [1.807, 2.05) is 12.3 Å². The van der Waals surface area contributed by atoms with E-state index in [-0.39, 0.29) is 0 Å². The van der Waals surface area contributed by atoms with Crippen molar-refractivity contribution in [2.24, 2.45) is 0 Å². The van der Waals surface area contributed by atoms with Gasteiger partial charge in [-0.15, -0.1) is 0 Å². The molecule has 2 saturated heterocycles. The Morgan fingerprint density at radius 2 is 1.74 bits per heavy atom. The van der Waals surface area contributed by atoms with Crippen molar-refractivity contribution in [3.05, 3.63) is 35.7 Å². The molecule has 2 aliphatic rings. The van der Waals surface area contributed by atoms with Crippen LogP contribution in [0.5, 0.6) is 5.88 Å². The maximum atomic E-state index is 5.23. The summed E-state index contributed by atoms with van der Waals surface area (Å²) < 4.78 is 5.23. The third-order valence-electron chi connectivity index (χ3n) is 5.33. The van der Waals surface area contributed by atoms with Crippen molar-refractivity contribution >= 4 is 11.8 Å². The summed E-state index contributed by atoms with van der Waals surface area (Å²) in [6, 6.07) is 6.18. The first-order chi connectivity index (χ1) is 13.2. The van der Waals surface area contributed by atoms with Crippen molar-refractivity contribution in [3.63, 3.8) is 0 Å². The average Bonchev–Trinajstić information content (AvgIpc) is 3.23. The summed E-state index contributed by atoms with van der Waals surface area (Å²) in [4.78, 5) is 20.9. The third kappa shape index (κ3) is 4.30. The van der Waals surface area contributed by atoms with Gasteiger partial charge in [0.25, 0.3) is 0 Å². The Bertz CT molecular complexity index is 769. The van der Waals surface area contributed by atoms with E-state index in [1.54, 1.807) is 7.11 Å². The molecule has 27 heavy (non-hydrogen) atoms. The minimum atomic E-state index is 0.675. The summed E-state index contributed by atoms with van der Waals surface area (Å²) in [5, 5.41) is 0. The van der Waals surface area contributed by atoms with Crippen LogP contribution < -0.4 is 14.5 Å². The molecule has 0 spiro atoms. The first kappa shape index (κ1) is 18.0. The normalized spacial score (nSPS) is 18.1. The number of rotatable bonds is 5. The summed E-state index contributed by atoms with van der Waals surface area (Å²) in [7, 11) is 1.66. The first-order valence-electron chi connectivity index (χ1n) is 9.78. The molecule has 7 heteroatoms. The van der Waals surface area contributed by atoms with Crippen LogP contribution in [0.2, 0.25) is 0 Å². The van der Waals surface area contributed by atoms with Crippen molar-refractivity contribution < 1.29 is 4.74 Å². The fourth-order valence-electron chi connectivity index (χ4n) is 3.81. The minimum Gasteiger partial charge on any atom is -0.481 e. The molecule has 0 atom stereocenters. The van der Waals surface area contributed by atoms with Crippen LogP contribution in [0.3, 0.4) is 0 Å². The molecule has 0 unspecified atom stereocenters. The van der Waals surface area contributed by atoms with Crippen LogP contribution in [-0.4, -0.2) is 66.2 Å². The number of hydrogen-bond acceptors (Lipinski definition) is 7. The molecule has 0 aliphatic carbocycles. The molecule has 7 nitrogen and oxygen atoms in total. The molecule has 2 aliphatic heterocycles. The van der Waals surface area contributed by atoms with Gasteiger partial charge in [0, 0.05) is 69.8 Å². The predicted octanol–water partition coefficient (Wildman–Crippen LogP) is 2.11. The van der Waals surface area contributed by atoms with Gasteiger partial charge in [0.15, 0.2) is 0 Å². The largest absolute Gasteiger partial charge is 0.481 e. The highest BCUT2D eigenvalue weighted by molar-refractivity contribution is 5.46. The Hall–Kier alpha value is -2.41. The van der Waals surface area contributed by atoms with Crippen LogP contribution in [0.15, 0.2) is 24.4 Å². The van der Waals surface area contributed by atoms with Gasteiger partial charge in [-0.05, 0) is 31.4 Å². The lowest BCUT2D eigenvalue weighted by Crippen LogP contribution is -2.46. The first-order valence-corrected chi connectivity index (χ1v) is 9.78. The number of methoxy groups -OCH3 is 1. The number of piperazine rings is 1.